The Morgan fingerprint density at radius 3 is 2.39 bits per heavy atom. The lowest BCUT2D eigenvalue weighted by Crippen LogP contribution is -2.30. The smallest absolute Gasteiger partial charge is 0.00472 e. The van der Waals surface area contributed by atoms with E-state index in [0.29, 0.717) is 0 Å². The predicted octanol–water partition coefficient (Wildman–Crippen LogP) is 2.57. The third kappa shape index (κ3) is 2.60. The van der Waals surface area contributed by atoms with Gasteiger partial charge in [-0.25, -0.2) is 0 Å². The van der Waals surface area contributed by atoms with Crippen LogP contribution in [0.5, 0.6) is 0 Å². The third-order valence-electron chi connectivity index (χ3n) is 4.56. The van der Waals surface area contributed by atoms with Gasteiger partial charge in [-0.05, 0) is 62.4 Å². The van der Waals surface area contributed by atoms with E-state index in [-0.39, 0.29) is 0 Å². The summed E-state index contributed by atoms with van der Waals surface area (Å²) in [5.41, 5.74) is 3.06. The number of piperidine rings is 1. The molecule has 2 nitrogen and oxygen atoms in total. The first-order valence-electron chi connectivity index (χ1n) is 7.32. The van der Waals surface area contributed by atoms with Crippen LogP contribution in [0.2, 0.25) is 0 Å². The maximum Gasteiger partial charge on any atom is 0.00472 e. The second-order valence-electron chi connectivity index (χ2n) is 5.96. The molecule has 2 fully saturated rings. The Hall–Kier alpha value is -0.860. The van der Waals surface area contributed by atoms with E-state index >= 15 is 0 Å². The summed E-state index contributed by atoms with van der Waals surface area (Å²) >= 11 is 0. The average molecular weight is 244 g/mol. The van der Waals surface area contributed by atoms with Gasteiger partial charge < -0.3 is 10.2 Å². The first kappa shape index (κ1) is 12.2. The van der Waals surface area contributed by atoms with E-state index in [1.165, 1.54) is 50.0 Å². The van der Waals surface area contributed by atoms with Crippen LogP contribution in [0.25, 0.3) is 0 Å². The van der Waals surface area contributed by atoms with Crippen LogP contribution in [0.15, 0.2) is 24.3 Å². The quantitative estimate of drug-likeness (QED) is 0.860. The second kappa shape index (κ2) is 5.41. The first-order valence-corrected chi connectivity index (χ1v) is 7.32. The number of likely N-dealkylation sites (tertiary alicyclic amines) is 1. The fourth-order valence-corrected chi connectivity index (χ4v) is 3.42. The van der Waals surface area contributed by atoms with E-state index in [1.807, 2.05) is 0 Å². The molecule has 98 valence electrons. The zero-order chi connectivity index (χ0) is 12.4. The number of likely N-dealkylation sites (N-methyl/N-ethyl adjacent to an activating group) is 1. The van der Waals surface area contributed by atoms with E-state index in [4.69, 9.17) is 0 Å². The van der Waals surface area contributed by atoms with Crippen LogP contribution in [0.4, 0.5) is 0 Å². The Morgan fingerprint density at radius 1 is 1.06 bits per heavy atom. The Morgan fingerprint density at radius 2 is 1.78 bits per heavy atom. The Kier molecular flexibility index (Phi) is 3.67. The van der Waals surface area contributed by atoms with E-state index in [1.54, 1.807) is 0 Å². The molecule has 0 bridgehead atoms. The minimum atomic E-state index is 0.744. The molecule has 2 aliphatic rings. The fourth-order valence-electron chi connectivity index (χ4n) is 3.42. The summed E-state index contributed by atoms with van der Waals surface area (Å²) < 4.78 is 0. The molecule has 0 spiro atoms. The number of benzene rings is 1. The van der Waals surface area contributed by atoms with Crippen LogP contribution in [-0.4, -0.2) is 38.1 Å². The van der Waals surface area contributed by atoms with Gasteiger partial charge in [0.2, 0.25) is 0 Å². The van der Waals surface area contributed by atoms with Crippen molar-refractivity contribution in [2.75, 3.05) is 33.2 Å². The predicted molar refractivity (Wildman–Crippen MR) is 76.1 cm³/mol. The van der Waals surface area contributed by atoms with Crippen molar-refractivity contribution in [2.24, 2.45) is 0 Å². The van der Waals surface area contributed by atoms with E-state index < -0.39 is 0 Å². The molecule has 1 N–H and O–H groups in total. The summed E-state index contributed by atoms with van der Waals surface area (Å²) in [6.45, 7) is 4.83. The minimum Gasteiger partial charge on any atom is -0.316 e. The summed E-state index contributed by atoms with van der Waals surface area (Å²) in [4.78, 5) is 2.46. The molecular formula is C16H24N2. The van der Waals surface area contributed by atoms with Crippen molar-refractivity contribution in [3.8, 4) is 0 Å². The largest absolute Gasteiger partial charge is 0.316 e. The normalized spacial score (nSPS) is 29.6. The van der Waals surface area contributed by atoms with Crippen molar-refractivity contribution >= 4 is 0 Å². The Bertz CT molecular complexity index is 379. The fraction of sp³-hybridized carbons (Fsp3) is 0.625. The highest BCUT2D eigenvalue weighted by atomic mass is 15.1. The summed E-state index contributed by atoms with van der Waals surface area (Å²) in [6, 6.07) is 9.47. The van der Waals surface area contributed by atoms with Crippen molar-refractivity contribution in [3.63, 3.8) is 0 Å². The van der Waals surface area contributed by atoms with Crippen molar-refractivity contribution < 1.29 is 0 Å². The molecule has 0 aliphatic carbocycles. The lowest BCUT2D eigenvalue weighted by molar-refractivity contribution is 0.251. The van der Waals surface area contributed by atoms with Gasteiger partial charge in [0.1, 0.15) is 0 Å². The lowest BCUT2D eigenvalue weighted by Gasteiger charge is -2.30. The molecule has 0 aromatic heterocycles. The average Bonchev–Trinajstić information content (AvgIpc) is 2.93. The molecule has 3 rings (SSSR count). The minimum absolute atomic E-state index is 0.744. The number of nitrogens with one attached hydrogen (secondary N) is 1. The van der Waals surface area contributed by atoms with Crippen LogP contribution in [0, 0.1) is 0 Å². The van der Waals surface area contributed by atoms with Crippen molar-refractivity contribution in [1.29, 1.82) is 0 Å². The van der Waals surface area contributed by atoms with Gasteiger partial charge in [0.25, 0.3) is 0 Å². The van der Waals surface area contributed by atoms with Gasteiger partial charge in [0.05, 0.1) is 0 Å². The maximum atomic E-state index is 3.45. The van der Waals surface area contributed by atoms with Crippen LogP contribution in [-0.2, 0) is 0 Å². The topological polar surface area (TPSA) is 15.3 Å². The van der Waals surface area contributed by atoms with Gasteiger partial charge in [-0.1, -0.05) is 24.3 Å². The lowest BCUT2D eigenvalue weighted by atomic mass is 9.89. The molecule has 2 aliphatic heterocycles. The Labute approximate surface area is 110 Å². The number of nitrogens with zero attached hydrogens (tertiary/aromatic N) is 1. The summed E-state index contributed by atoms with van der Waals surface area (Å²) in [5.74, 6) is 1.49. The Balaban J connectivity index is 1.70. The monoisotopic (exact) mass is 244 g/mol. The van der Waals surface area contributed by atoms with Gasteiger partial charge in [-0.15, -0.1) is 0 Å². The zero-order valence-corrected chi connectivity index (χ0v) is 11.4. The maximum absolute atomic E-state index is 3.45. The number of hydrogen-bond donors (Lipinski definition) is 1. The third-order valence-corrected chi connectivity index (χ3v) is 4.56. The standard InChI is InChI=1S/C16H24N2/c1-18-10-2-3-16(12-18)14-6-4-13(5-7-14)15-8-9-17-11-15/h4-7,15-17H,2-3,8-12H2,1H3. The molecule has 2 heteroatoms. The zero-order valence-electron chi connectivity index (χ0n) is 11.4. The van der Waals surface area contributed by atoms with Gasteiger partial charge in [0, 0.05) is 13.1 Å². The highest BCUT2D eigenvalue weighted by molar-refractivity contribution is 5.29. The molecule has 1 aromatic rings. The molecule has 2 atom stereocenters. The number of hydrogen-bond acceptors (Lipinski definition) is 2. The molecule has 2 saturated heterocycles. The molecule has 0 saturated carbocycles. The van der Waals surface area contributed by atoms with E-state index in [0.717, 1.165) is 18.4 Å². The molecule has 1 aromatic carbocycles. The SMILES string of the molecule is CN1CCCC(c2ccc(C3CCNC3)cc2)C1. The molecular weight excluding hydrogens is 220 g/mol. The van der Waals surface area contributed by atoms with Crippen LogP contribution >= 0.6 is 0 Å². The van der Waals surface area contributed by atoms with E-state index in [9.17, 15) is 0 Å². The highest BCUT2D eigenvalue weighted by Crippen LogP contribution is 2.28. The van der Waals surface area contributed by atoms with Crippen molar-refractivity contribution in [2.45, 2.75) is 31.1 Å². The number of rotatable bonds is 2. The van der Waals surface area contributed by atoms with Gasteiger partial charge in [0.15, 0.2) is 0 Å². The van der Waals surface area contributed by atoms with E-state index in [2.05, 4.69) is 41.5 Å². The summed E-state index contributed by atoms with van der Waals surface area (Å²) in [7, 11) is 2.24. The molecule has 0 radical (unpaired) electrons. The first-order chi connectivity index (χ1) is 8.83. The van der Waals surface area contributed by atoms with Gasteiger partial charge in [-0.3, -0.25) is 0 Å². The summed E-state index contributed by atoms with van der Waals surface area (Å²) in [5, 5.41) is 3.45. The van der Waals surface area contributed by atoms with Gasteiger partial charge >= 0.3 is 0 Å². The van der Waals surface area contributed by atoms with Crippen molar-refractivity contribution in [3.05, 3.63) is 35.4 Å². The molecule has 0 amide bonds. The van der Waals surface area contributed by atoms with Crippen LogP contribution in [0.3, 0.4) is 0 Å². The summed E-state index contributed by atoms with van der Waals surface area (Å²) in [6.07, 6.45) is 4.00. The van der Waals surface area contributed by atoms with Gasteiger partial charge in [-0.2, -0.15) is 0 Å². The molecule has 2 heterocycles. The molecule has 2 unspecified atom stereocenters. The van der Waals surface area contributed by atoms with Crippen LogP contribution < -0.4 is 5.32 Å². The van der Waals surface area contributed by atoms with Crippen molar-refractivity contribution in [1.82, 2.24) is 10.2 Å². The van der Waals surface area contributed by atoms with Crippen LogP contribution in [0.1, 0.15) is 42.2 Å². The molecule has 18 heavy (non-hydrogen) atoms. The second-order valence-corrected chi connectivity index (χ2v) is 5.96. The highest BCUT2D eigenvalue weighted by Gasteiger charge is 2.20.